The van der Waals surface area contributed by atoms with Gasteiger partial charge in [0.2, 0.25) is 65.0 Å². The molecular weight excluding hydrogens is 975 g/mol. The third kappa shape index (κ3) is 20.7. The topological polar surface area (TPSA) is 391 Å². The van der Waals surface area contributed by atoms with Crippen LogP contribution in [0.15, 0.2) is 30.3 Å². The fraction of sp³-hybridized carbons (Fsp3) is 0.630. The molecule has 0 bridgehead atoms. The van der Waals surface area contributed by atoms with Crippen molar-refractivity contribution in [2.24, 2.45) is 28.9 Å². The van der Waals surface area contributed by atoms with Crippen LogP contribution in [0.1, 0.15) is 91.0 Å². The summed E-state index contributed by atoms with van der Waals surface area (Å²) in [5.74, 6) is -9.69. The third-order valence-corrected chi connectivity index (χ3v) is 14.4. The van der Waals surface area contributed by atoms with Gasteiger partial charge in [-0.1, -0.05) is 86.0 Å². The number of imide groups is 1. The van der Waals surface area contributed by atoms with Crippen molar-refractivity contribution in [1.82, 2.24) is 47.4 Å². The zero-order valence-electron chi connectivity index (χ0n) is 41.3. The first-order valence-corrected chi connectivity index (χ1v) is 26.6. The Morgan fingerprint density at radius 2 is 1.46 bits per heavy atom. The molecule has 0 unspecified atom stereocenters. The fourth-order valence-electron chi connectivity index (χ4n) is 7.82. The molecule has 0 aromatic heterocycles. The highest BCUT2D eigenvalue weighted by atomic mass is 33.1. The molecule has 11 amide bonds. The zero-order valence-corrected chi connectivity index (χ0v) is 43.0. The molecule has 2 aliphatic heterocycles. The average Bonchev–Trinajstić information content (AvgIpc) is 3.83. The van der Waals surface area contributed by atoms with Crippen LogP contribution >= 0.6 is 21.6 Å². The second-order valence-corrected chi connectivity index (χ2v) is 20.8. The summed E-state index contributed by atoms with van der Waals surface area (Å²) in [6, 6.07) is -1.41. The lowest BCUT2D eigenvalue weighted by Gasteiger charge is -2.31. The van der Waals surface area contributed by atoms with E-state index < -0.39 is 132 Å². The lowest BCUT2D eigenvalue weighted by molar-refractivity contribution is -0.142. The molecule has 400 valence electrons. The van der Waals surface area contributed by atoms with Gasteiger partial charge in [-0.15, -0.1) is 0 Å². The average molecular weight is 1050 g/mol. The highest BCUT2D eigenvalue weighted by molar-refractivity contribution is 8.76. The number of likely N-dealkylation sites (tertiary alicyclic amines) is 1. The Kier molecular flexibility index (Phi) is 26.0. The lowest BCUT2D eigenvalue weighted by Crippen LogP contribution is -2.62. The van der Waals surface area contributed by atoms with Gasteiger partial charge in [-0.05, 0) is 63.0 Å². The summed E-state index contributed by atoms with van der Waals surface area (Å²) in [7, 11) is 2.06. The standard InChI is InChI=1S/C46H73N13O11S2/c1-5-26(4)38-45(69)55-30(14-9-17-35(48)60)41(65)56-32(21-36(49)61)42(66)57-33(24-72-71-23-28(47)39(63)58-43(67)31(53-38)20-27-12-7-6-8-13-27)46(70)59-19-11-16-34(59)44(68)54-29(15-10-18-51-25(2)3)40(64)52-22-37(50)62/h6-8,12-13,25-26,28-34,38,51,53H,5,9-11,14-24,47H2,1-4H3,(H2,48,60)(H2,49,61)(H2,50,62)(H,52,64)(H,54,68)(H,55,69)(H,56,65)(H,57,66)(H,58,63,67)/t26-,28-,29-,30-,31-,32-,33-,34-,38-/m0/s1. The van der Waals surface area contributed by atoms with Gasteiger partial charge < -0.3 is 59.7 Å². The van der Waals surface area contributed by atoms with E-state index in [9.17, 15) is 52.7 Å². The number of amides is 11. The van der Waals surface area contributed by atoms with E-state index in [4.69, 9.17) is 22.9 Å². The van der Waals surface area contributed by atoms with E-state index in [1.807, 2.05) is 20.8 Å². The first kappa shape index (κ1) is 60.5. The van der Waals surface area contributed by atoms with Crippen molar-refractivity contribution in [2.75, 3.05) is 31.1 Å². The van der Waals surface area contributed by atoms with Crippen LogP contribution in [-0.2, 0) is 59.2 Å². The summed E-state index contributed by atoms with van der Waals surface area (Å²) in [6.45, 7) is 7.54. The normalized spacial score (nSPS) is 23.9. The van der Waals surface area contributed by atoms with Gasteiger partial charge in [0.25, 0.3) is 0 Å². The van der Waals surface area contributed by atoms with Gasteiger partial charge in [-0.2, -0.15) is 0 Å². The van der Waals surface area contributed by atoms with Crippen molar-refractivity contribution in [3.63, 3.8) is 0 Å². The SMILES string of the molecule is CC[C@H](C)[C@@H]1N[C@@H](Cc2ccccc2)C(=O)NC(=O)[C@@H](N)CSSC[C@@H](C(=O)N2CCC[C@H]2C(=O)N[C@@H](CCCNC(C)C)C(=O)NCC(N)=O)NC(=O)[C@H](CC(N)=O)NC(=O)[C@H](CCCC(N)=O)NC1=O. The van der Waals surface area contributed by atoms with E-state index >= 15 is 0 Å². The first-order chi connectivity index (χ1) is 34.1. The van der Waals surface area contributed by atoms with Crippen LogP contribution in [0.2, 0.25) is 0 Å². The van der Waals surface area contributed by atoms with Crippen molar-refractivity contribution in [3.05, 3.63) is 35.9 Å². The molecule has 0 saturated carbocycles. The van der Waals surface area contributed by atoms with Gasteiger partial charge in [-0.25, -0.2) is 0 Å². The Balaban J connectivity index is 2.03. The van der Waals surface area contributed by atoms with E-state index in [0.29, 0.717) is 31.4 Å². The number of nitrogens with zero attached hydrogens (tertiary/aromatic N) is 1. The second kappa shape index (κ2) is 30.9. The Morgan fingerprint density at radius 3 is 2.10 bits per heavy atom. The van der Waals surface area contributed by atoms with Crippen LogP contribution in [0.4, 0.5) is 0 Å². The van der Waals surface area contributed by atoms with Gasteiger partial charge >= 0.3 is 0 Å². The summed E-state index contributed by atoms with van der Waals surface area (Å²) in [5.41, 5.74) is 23.2. The van der Waals surface area contributed by atoms with Crippen LogP contribution in [0, 0.1) is 5.92 Å². The molecule has 2 saturated heterocycles. The summed E-state index contributed by atoms with van der Waals surface area (Å²) in [5, 5.41) is 21.6. The number of nitrogens with two attached hydrogens (primary N) is 4. The van der Waals surface area contributed by atoms with Crippen molar-refractivity contribution in [2.45, 2.75) is 146 Å². The molecule has 1 aromatic carbocycles. The molecule has 2 aliphatic rings. The Morgan fingerprint density at radius 1 is 0.792 bits per heavy atom. The predicted octanol–water partition coefficient (Wildman–Crippen LogP) is -3.19. The highest BCUT2D eigenvalue weighted by Crippen LogP contribution is 2.26. The number of rotatable bonds is 21. The summed E-state index contributed by atoms with van der Waals surface area (Å²) < 4.78 is 0. The van der Waals surface area contributed by atoms with Crippen molar-refractivity contribution in [3.8, 4) is 0 Å². The van der Waals surface area contributed by atoms with Gasteiger partial charge in [0.15, 0.2) is 0 Å². The number of hydrogen-bond donors (Lipinski definition) is 12. The van der Waals surface area contributed by atoms with Crippen molar-refractivity contribution < 1.29 is 52.7 Å². The fourth-order valence-corrected chi connectivity index (χ4v) is 10.1. The van der Waals surface area contributed by atoms with E-state index in [1.165, 1.54) is 4.90 Å². The van der Waals surface area contributed by atoms with Crippen molar-refractivity contribution in [1.29, 1.82) is 0 Å². The number of primary amides is 3. The Hall–Kier alpha value is -5.83. The van der Waals surface area contributed by atoms with E-state index in [0.717, 1.165) is 21.6 Å². The van der Waals surface area contributed by atoms with Crippen LogP contribution in [0.5, 0.6) is 0 Å². The molecular formula is C46H73N13O11S2. The number of carbonyl (C=O) groups excluding carboxylic acids is 11. The van der Waals surface area contributed by atoms with Crippen LogP contribution < -0.4 is 65.5 Å². The van der Waals surface area contributed by atoms with Gasteiger partial charge in [0, 0.05) is 30.5 Å². The Labute approximate surface area is 427 Å². The number of carbonyl (C=O) groups is 11. The van der Waals surface area contributed by atoms with Crippen LogP contribution in [0.3, 0.4) is 0 Å². The molecule has 72 heavy (non-hydrogen) atoms. The molecule has 0 spiro atoms. The molecule has 9 atom stereocenters. The van der Waals surface area contributed by atoms with E-state index in [1.54, 1.807) is 37.3 Å². The quantitative estimate of drug-likeness (QED) is 0.0328. The molecule has 0 aliphatic carbocycles. The van der Waals surface area contributed by atoms with E-state index in [2.05, 4.69) is 42.5 Å². The van der Waals surface area contributed by atoms with Gasteiger partial charge in [0.1, 0.15) is 30.2 Å². The number of hydrogen-bond acceptors (Lipinski definition) is 16. The molecule has 24 nitrogen and oxygen atoms in total. The monoisotopic (exact) mass is 1050 g/mol. The minimum absolute atomic E-state index is 0.00734. The van der Waals surface area contributed by atoms with Crippen molar-refractivity contribution >= 4 is 86.6 Å². The largest absolute Gasteiger partial charge is 0.370 e. The summed E-state index contributed by atoms with van der Waals surface area (Å²) in [6.07, 6.45) is 0.507. The summed E-state index contributed by atoms with van der Waals surface area (Å²) >= 11 is 0. The minimum atomic E-state index is -1.71. The van der Waals surface area contributed by atoms with Gasteiger partial charge in [0.05, 0.1) is 31.1 Å². The molecule has 16 N–H and O–H groups in total. The van der Waals surface area contributed by atoms with Gasteiger partial charge in [-0.3, -0.25) is 63.4 Å². The minimum Gasteiger partial charge on any atom is -0.370 e. The molecule has 0 radical (unpaired) electrons. The molecule has 2 fully saturated rings. The number of benzene rings is 1. The maximum Gasteiger partial charge on any atom is 0.246 e. The summed E-state index contributed by atoms with van der Waals surface area (Å²) in [4.78, 5) is 149. The van der Waals surface area contributed by atoms with Crippen LogP contribution in [-0.4, -0.2) is 155 Å². The smallest absolute Gasteiger partial charge is 0.246 e. The maximum atomic E-state index is 14.6. The van der Waals surface area contributed by atoms with Crippen LogP contribution in [0.25, 0.3) is 0 Å². The second-order valence-electron chi connectivity index (χ2n) is 18.2. The first-order valence-electron chi connectivity index (χ1n) is 24.1. The molecule has 3 rings (SSSR count). The predicted molar refractivity (Wildman–Crippen MR) is 270 cm³/mol. The van der Waals surface area contributed by atoms with E-state index in [-0.39, 0.29) is 62.6 Å². The highest BCUT2D eigenvalue weighted by Gasteiger charge is 2.41. The maximum absolute atomic E-state index is 14.6. The Bertz CT molecular complexity index is 2070. The third-order valence-electron chi connectivity index (χ3n) is 12.0. The zero-order chi connectivity index (χ0) is 53.5. The molecule has 26 heteroatoms. The lowest BCUT2D eigenvalue weighted by atomic mass is 9.95. The number of nitrogens with one attached hydrogen (secondary N) is 8. The molecule has 1 aromatic rings. The molecule has 2 heterocycles.